The maximum atomic E-state index is 11.5. The van der Waals surface area contributed by atoms with E-state index >= 15 is 0 Å². The molecule has 0 unspecified atom stereocenters. The van der Waals surface area contributed by atoms with Gasteiger partial charge in [-0.25, -0.2) is 13.4 Å². The highest BCUT2D eigenvalue weighted by molar-refractivity contribution is 8.13. The van der Waals surface area contributed by atoms with Gasteiger partial charge in [-0.2, -0.15) is 0 Å². The van der Waals surface area contributed by atoms with Gasteiger partial charge < -0.3 is 4.57 Å². The molecule has 0 aromatic carbocycles. The van der Waals surface area contributed by atoms with E-state index in [4.69, 9.17) is 10.7 Å². The van der Waals surface area contributed by atoms with Gasteiger partial charge in [-0.3, -0.25) is 0 Å². The molecule has 1 aliphatic rings. The van der Waals surface area contributed by atoms with Gasteiger partial charge in [-0.15, -0.1) is 0 Å². The summed E-state index contributed by atoms with van der Waals surface area (Å²) in [5.41, 5.74) is 0. The fourth-order valence-corrected chi connectivity index (χ4v) is 3.76. The topological polar surface area (TPSA) is 52.0 Å². The molecule has 6 heteroatoms. The van der Waals surface area contributed by atoms with Crippen molar-refractivity contribution >= 4 is 19.7 Å². The van der Waals surface area contributed by atoms with Gasteiger partial charge in [-0.1, -0.05) is 20.3 Å². The molecule has 20 heavy (non-hydrogen) atoms. The third kappa shape index (κ3) is 3.55. The minimum Gasteiger partial charge on any atom is -0.330 e. The minimum absolute atomic E-state index is 0.000215. The second-order valence-electron chi connectivity index (χ2n) is 5.67. The van der Waals surface area contributed by atoms with Gasteiger partial charge in [0.2, 0.25) is 0 Å². The van der Waals surface area contributed by atoms with Gasteiger partial charge in [0.1, 0.15) is 5.82 Å². The van der Waals surface area contributed by atoms with Crippen molar-refractivity contribution in [3.8, 4) is 0 Å². The standard InChI is InChI=1S/C14H23ClN2O2S/c1-3-5-13-16-14(20(15,18)19)10-17(13)12-8-6-11(4-2)7-9-12/h10-12H,3-9H2,1-2H3. The van der Waals surface area contributed by atoms with E-state index in [0.29, 0.717) is 6.04 Å². The van der Waals surface area contributed by atoms with Crippen LogP contribution in [0.2, 0.25) is 0 Å². The predicted molar refractivity (Wildman–Crippen MR) is 80.5 cm³/mol. The Morgan fingerprint density at radius 2 is 1.95 bits per heavy atom. The van der Waals surface area contributed by atoms with Gasteiger partial charge in [0.15, 0.2) is 5.03 Å². The van der Waals surface area contributed by atoms with E-state index in [1.54, 1.807) is 6.20 Å². The number of imidazole rings is 1. The van der Waals surface area contributed by atoms with Crippen LogP contribution in [0.5, 0.6) is 0 Å². The fraction of sp³-hybridized carbons (Fsp3) is 0.786. The number of hydrogen-bond donors (Lipinski definition) is 0. The van der Waals surface area contributed by atoms with E-state index in [1.165, 1.54) is 19.3 Å². The van der Waals surface area contributed by atoms with E-state index in [1.807, 2.05) is 0 Å². The van der Waals surface area contributed by atoms with Crippen molar-refractivity contribution in [1.29, 1.82) is 0 Å². The number of halogens is 1. The van der Waals surface area contributed by atoms with E-state index in [2.05, 4.69) is 23.4 Å². The minimum atomic E-state index is -3.74. The molecule has 0 aliphatic heterocycles. The summed E-state index contributed by atoms with van der Waals surface area (Å²) in [5.74, 6) is 1.67. The van der Waals surface area contributed by atoms with Crippen LogP contribution in [0.15, 0.2) is 11.2 Å². The Hall–Kier alpha value is -0.550. The van der Waals surface area contributed by atoms with Crippen LogP contribution in [0, 0.1) is 5.92 Å². The Labute approximate surface area is 126 Å². The van der Waals surface area contributed by atoms with E-state index in [-0.39, 0.29) is 5.03 Å². The second-order valence-corrected chi connectivity index (χ2v) is 8.19. The molecule has 0 bridgehead atoms. The van der Waals surface area contributed by atoms with Crippen LogP contribution in [0.25, 0.3) is 0 Å². The van der Waals surface area contributed by atoms with Crippen molar-refractivity contribution in [3.05, 3.63) is 12.0 Å². The number of hydrogen-bond acceptors (Lipinski definition) is 3. The quantitative estimate of drug-likeness (QED) is 0.773. The summed E-state index contributed by atoms with van der Waals surface area (Å²) < 4.78 is 25.0. The monoisotopic (exact) mass is 318 g/mol. The van der Waals surface area contributed by atoms with Crippen LogP contribution in [-0.4, -0.2) is 18.0 Å². The molecule has 0 saturated heterocycles. The molecule has 1 aromatic rings. The van der Waals surface area contributed by atoms with Crippen molar-refractivity contribution in [1.82, 2.24) is 9.55 Å². The van der Waals surface area contributed by atoms with Gasteiger partial charge in [0.25, 0.3) is 9.05 Å². The SMILES string of the molecule is CCCc1nc(S(=O)(=O)Cl)cn1C1CCC(CC)CC1. The Balaban J connectivity index is 2.24. The Kier molecular flexibility index (Phi) is 5.13. The number of rotatable bonds is 5. The summed E-state index contributed by atoms with van der Waals surface area (Å²) in [6.07, 6.45) is 9.25. The first kappa shape index (κ1) is 15.8. The zero-order chi connectivity index (χ0) is 14.8. The molecule has 0 spiro atoms. The largest absolute Gasteiger partial charge is 0.330 e. The highest BCUT2D eigenvalue weighted by Crippen LogP contribution is 2.35. The van der Waals surface area contributed by atoms with Crippen LogP contribution >= 0.6 is 10.7 Å². The maximum absolute atomic E-state index is 11.5. The Bertz CT molecular complexity index is 546. The van der Waals surface area contributed by atoms with Crippen molar-refractivity contribution in [2.75, 3.05) is 0 Å². The average Bonchev–Trinajstić information content (AvgIpc) is 2.83. The normalized spacial score (nSPS) is 23.9. The highest BCUT2D eigenvalue weighted by atomic mass is 35.7. The third-order valence-corrected chi connectivity index (χ3v) is 5.47. The van der Waals surface area contributed by atoms with E-state index in [9.17, 15) is 8.42 Å². The van der Waals surface area contributed by atoms with Crippen molar-refractivity contribution in [2.45, 2.75) is 69.9 Å². The lowest BCUT2D eigenvalue weighted by Crippen LogP contribution is -2.19. The molecule has 114 valence electrons. The van der Waals surface area contributed by atoms with Crippen LogP contribution in [0.4, 0.5) is 0 Å². The molecule has 1 aromatic heterocycles. The molecular weight excluding hydrogens is 296 g/mol. The Morgan fingerprint density at radius 3 is 2.45 bits per heavy atom. The first-order valence-corrected chi connectivity index (χ1v) is 9.79. The lowest BCUT2D eigenvalue weighted by atomic mass is 9.84. The molecular formula is C14H23ClN2O2S. The summed E-state index contributed by atoms with van der Waals surface area (Å²) in [6, 6.07) is 0.374. The first-order chi connectivity index (χ1) is 9.45. The zero-order valence-electron chi connectivity index (χ0n) is 12.2. The van der Waals surface area contributed by atoms with E-state index in [0.717, 1.165) is 37.4 Å². The van der Waals surface area contributed by atoms with Crippen molar-refractivity contribution in [2.24, 2.45) is 5.92 Å². The van der Waals surface area contributed by atoms with Gasteiger partial charge in [-0.05, 0) is 38.0 Å². The van der Waals surface area contributed by atoms with Crippen molar-refractivity contribution in [3.63, 3.8) is 0 Å². The molecule has 4 nitrogen and oxygen atoms in total. The van der Waals surface area contributed by atoms with Gasteiger partial charge in [0, 0.05) is 29.3 Å². The second kappa shape index (κ2) is 6.48. The molecule has 1 saturated carbocycles. The lowest BCUT2D eigenvalue weighted by molar-refractivity contribution is 0.265. The van der Waals surface area contributed by atoms with Gasteiger partial charge >= 0.3 is 0 Å². The van der Waals surface area contributed by atoms with Crippen LogP contribution in [0.3, 0.4) is 0 Å². The van der Waals surface area contributed by atoms with Crippen LogP contribution < -0.4 is 0 Å². The molecule has 0 radical (unpaired) electrons. The van der Waals surface area contributed by atoms with E-state index < -0.39 is 9.05 Å². The molecule has 1 fully saturated rings. The lowest BCUT2D eigenvalue weighted by Gasteiger charge is -2.29. The predicted octanol–water partition coefficient (Wildman–Crippen LogP) is 3.90. The molecule has 0 N–H and O–H groups in total. The first-order valence-electron chi connectivity index (χ1n) is 7.48. The summed E-state index contributed by atoms with van der Waals surface area (Å²) in [7, 11) is 1.69. The molecule has 0 amide bonds. The summed E-state index contributed by atoms with van der Waals surface area (Å²) in [6.45, 7) is 4.31. The van der Waals surface area contributed by atoms with Crippen LogP contribution in [-0.2, 0) is 15.5 Å². The number of aryl methyl sites for hydroxylation is 1. The molecule has 1 heterocycles. The summed E-state index contributed by atoms with van der Waals surface area (Å²) >= 11 is 0. The molecule has 0 atom stereocenters. The zero-order valence-corrected chi connectivity index (χ0v) is 13.8. The maximum Gasteiger partial charge on any atom is 0.280 e. The molecule has 1 aliphatic carbocycles. The smallest absolute Gasteiger partial charge is 0.280 e. The molecule has 2 rings (SSSR count). The van der Waals surface area contributed by atoms with Gasteiger partial charge in [0.05, 0.1) is 0 Å². The van der Waals surface area contributed by atoms with Crippen LogP contribution in [0.1, 0.15) is 64.2 Å². The average molecular weight is 319 g/mol. The number of nitrogens with zero attached hydrogens (tertiary/aromatic N) is 2. The number of aromatic nitrogens is 2. The summed E-state index contributed by atoms with van der Waals surface area (Å²) in [4.78, 5) is 4.23. The third-order valence-electron chi connectivity index (χ3n) is 4.30. The Morgan fingerprint density at radius 1 is 1.30 bits per heavy atom. The highest BCUT2D eigenvalue weighted by Gasteiger charge is 2.25. The fourth-order valence-electron chi connectivity index (χ4n) is 3.08. The van der Waals surface area contributed by atoms with Crippen molar-refractivity contribution < 1.29 is 8.42 Å². The summed E-state index contributed by atoms with van der Waals surface area (Å²) in [5, 5.41) is 0.000215.